The summed E-state index contributed by atoms with van der Waals surface area (Å²) in [4.78, 5) is 0. The Bertz CT molecular complexity index is 223. The molecule has 0 radical (unpaired) electrons. The van der Waals surface area contributed by atoms with Crippen LogP contribution in [0.2, 0.25) is 0 Å². The van der Waals surface area contributed by atoms with Gasteiger partial charge < -0.3 is 9.73 Å². The van der Waals surface area contributed by atoms with Gasteiger partial charge in [0.15, 0.2) is 0 Å². The van der Waals surface area contributed by atoms with Crippen LogP contribution in [0.3, 0.4) is 0 Å². The Balaban J connectivity index is 2.07. The largest absolute Gasteiger partial charge is 0.468 e. The first-order chi connectivity index (χ1) is 6.84. The Morgan fingerprint density at radius 2 is 2.36 bits per heavy atom. The summed E-state index contributed by atoms with van der Waals surface area (Å²) >= 11 is 1.91. The Morgan fingerprint density at radius 3 is 3.00 bits per heavy atom. The topological polar surface area (TPSA) is 25.2 Å². The second-order valence-electron chi connectivity index (χ2n) is 3.39. The Labute approximate surface area is 90.5 Å². The van der Waals surface area contributed by atoms with Gasteiger partial charge in [0.05, 0.1) is 12.3 Å². The lowest BCUT2D eigenvalue weighted by atomic mass is 10.2. The first-order valence-corrected chi connectivity index (χ1v) is 6.49. The maximum absolute atomic E-state index is 5.31. The summed E-state index contributed by atoms with van der Waals surface area (Å²) < 4.78 is 5.31. The molecule has 0 aliphatic heterocycles. The molecule has 0 fully saturated rings. The summed E-state index contributed by atoms with van der Waals surface area (Å²) in [6.45, 7) is 3.20. The summed E-state index contributed by atoms with van der Waals surface area (Å²) in [5.74, 6) is 2.28. The minimum Gasteiger partial charge on any atom is -0.468 e. The molecule has 1 atom stereocenters. The van der Waals surface area contributed by atoms with Crippen LogP contribution in [0, 0.1) is 0 Å². The standard InChI is InChI=1S/C11H19NOS/c1-10(11-6-5-8-13-11)12-7-3-4-9-14-2/h5-6,8,10,12H,3-4,7,9H2,1-2H3/t10-/m1/s1. The molecule has 0 saturated heterocycles. The lowest BCUT2D eigenvalue weighted by Gasteiger charge is -2.10. The molecule has 2 nitrogen and oxygen atoms in total. The SMILES string of the molecule is CSCCCCN[C@H](C)c1ccco1. The van der Waals surface area contributed by atoms with Crippen molar-refractivity contribution in [2.75, 3.05) is 18.6 Å². The Kier molecular flexibility index (Phi) is 5.80. The summed E-state index contributed by atoms with van der Waals surface area (Å²) in [6, 6.07) is 4.28. The van der Waals surface area contributed by atoms with Crippen molar-refractivity contribution in [3.63, 3.8) is 0 Å². The van der Waals surface area contributed by atoms with E-state index in [4.69, 9.17) is 4.42 Å². The first kappa shape index (κ1) is 11.7. The van der Waals surface area contributed by atoms with Crippen LogP contribution in [0.5, 0.6) is 0 Å². The fourth-order valence-corrected chi connectivity index (χ4v) is 1.82. The zero-order chi connectivity index (χ0) is 10.2. The highest BCUT2D eigenvalue weighted by atomic mass is 32.2. The van der Waals surface area contributed by atoms with Crippen molar-refractivity contribution in [1.29, 1.82) is 0 Å². The average Bonchev–Trinajstić information content (AvgIpc) is 2.70. The molecule has 0 aliphatic rings. The van der Waals surface area contributed by atoms with E-state index in [1.54, 1.807) is 6.26 Å². The van der Waals surface area contributed by atoms with Gasteiger partial charge in [0.25, 0.3) is 0 Å². The highest BCUT2D eigenvalue weighted by Crippen LogP contribution is 2.11. The molecular weight excluding hydrogens is 194 g/mol. The maximum atomic E-state index is 5.31. The third kappa shape index (κ3) is 4.20. The molecule has 0 unspecified atom stereocenters. The maximum Gasteiger partial charge on any atom is 0.120 e. The van der Waals surface area contributed by atoms with Gasteiger partial charge in [-0.15, -0.1) is 0 Å². The van der Waals surface area contributed by atoms with E-state index in [0.29, 0.717) is 6.04 Å². The van der Waals surface area contributed by atoms with E-state index in [-0.39, 0.29) is 0 Å². The molecule has 0 saturated carbocycles. The van der Waals surface area contributed by atoms with E-state index in [0.717, 1.165) is 12.3 Å². The summed E-state index contributed by atoms with van der Waals surface area (Å²) in [7, 11) is 0. The van der Waals surface area contributed by atoms with Crippen molar-refractivity contribution >= 4 is 11.8 Å². The van der Waals surface area contributed by atoms with Crippen molar-refractivity contribution in [2.24, 2.45) is 0 Å². The highest BCUT2D eigenvalue weighted by Gasteiger charge is 2.05. The minimum absolute atomic E-state index is 0.333. The molecule has 1 aromatic rings. The van der Waals surface area contributed by atoms with E-state index in [9.17, 15) is 0 Å². The van der Waals surface area contributed by atoms with E-state index < -0.39 is 0 Å². The van der Waals surface area contributed by atoms with E-state index >= 15 is 0 Å². The van der Waals surface area contributed by atoms with Crippen LogP contribution >= 0.6 is 11.8 Å². The van der Waals surface area contributed by atoms with Crippen molar-refractivity contribution in [2.45, 2.75) is 25.8 Å². The predicted molar refractivity (Wildman–Crippen MR) is 62.7 cm³/mol. The number of hydrogen-bond acceptors (Lipinski definition) is 3. The lowest BCUT2D eigenvalue weighted by molar-refractivity contribution is 0.428. The normalized spacial score (nSPS) is 13.0. The van der Waals surface area contributed by atoms with Crippen LogP contribution in [-0.4, -0.2) is 18.6 Å². The van der Waals surface area contributed by atoms with Crippen LogP contribution in [0.1, 0.15) is 31.6 Å². The van der Waals surface area contributed by atoms with Gasteiger partial charge in [-0.05, 0) is 50.5 Å². The zero-order valence-electron chi connectivity index (χ0n) is 8.95. The van der Waals surface area contributed by atoms with Gasteiger partial charge in [0.1, 0.15) is 5.76 Å². The third-order valence-electron chi connectivity index (χ3n) is 2.20. The molecular formula is C11H19NOS. The van der Waals surface area contributed by atoms with E-state index in [1.165, 1.54) is 18.6 Å². The molecule has 3 heteroatoms. The van der Waals surface area contributed by atoms with Crippen molar-refractivity contribution in [1.82, 2.24) is 5.32 Å². The number of unbranched alkanes of at least 4 members (excludes halogenated alkanes) is 1. The van der Waals surface area contributed by atoms with Crippen molar-refractivity contribution in [3.8, 4) is 0 Å². The number of nitrogens with one attached hydrogen (secondary N) is 1. The van der Waals surface area contributed by atoms with Gasteiger partial charge in [-0.2, -0.15) is 11.8 Å². The monoisotopic (exact) mass is 213 g/mol. The molecule has 1 aromatic heterocycles. The number of thioether (sulfide) groups is 1. The van der Waals surface area contributed by atoms with E-state index in [1.807, 2.05) is 23.9 Å². The van der Waals surface area contributed by atoms with Gasteiger partial charge in [-0.3, -0.25) is 0 Å². The molecule has 0 spiro atoms. The van der Waals surface area contributed by atoms with Gasteiger partial charge in [-0.1, -0.05) is 0 Å². The van der Waals surface area contributed by atoms with Crippen LogP contribution in [-0.2, 0) is 0 Å². The quantitative estimate of drug-likeness (QED) is 0.705. The van der Waals surface area contributed by atoms with Crippen molar-refractivity contribution in [3.05, 3.63) is 24.2 Å². The van der Waals surface area contributed by atoms with Gasteiger partial charge in [0.2, 0.25) is 0 Å². The Morgan fingerprint density at radius 1 is 1.50 bits per heavy atom. The molecule has 1 N–H and O–H groups in total. The Hall–Kier alpha value is -0.410. The van der Waals surface area contributed by atoms with Gasteiger partial charge in [-0.25, -0.2) is 0 Å². The fraction of sp³-hybridized carbons (Fsp3) is 0.636. The van der Waals surface area contributed by atoms with Gasteiger partial charge >= 0.3 is 0 Å². The van der Waals surface area contributed by atoms with Crippen LogP contribution in [0.25, 0.3) is 0 Å². The molecule has 1 heterocycles. The predicted octanol–water partition coefficient (Wildman–Crippen LogP) is 3.07. The fourth-order valence-electron chi connectivity index (χ4n) is 1.33. The number of hydrogen-bond donors (Lipinski definition) is 1. The molecule has 0 aliphatic carbocycles. The number of furan rings is 1. The zero-order valence-corrected chi connectivity index (χ0v) is 9.77. The average molecular weight is 213 g/mol. The highest BCUT2D eigenvalue weighted by molar-refractivity contribution is 7.98. The lowest BCUT2D eigenvalue weighted by Crippen LogP contribution is -2.19. The van der Waals surface area contributed by atoms with Gasteiger partial charge in [0, 0.05) is 0 Å². The minimum atomic E-state index is 0.333. The van der Waals surface area contributed by atoms with E-state index in [2.05, 4.69) is 18.5 Å². The number of rotatable bonds is 7. The summed E-state index contributed by atoms with van der Waals surface area (Å²) in [6.07, 6.45) is 6.41. The summed E-state index contributed by atoms with van der Waals surface area (Å²) in [5, 5.41) is 3.44. The van der Waals surface area contributed by atoms with Crippen LogP contribution < -0.4 is 5.32 Å². The molecule has 1 rings (SSSR count). The van der Waals surface area contributed by atoms with Crippen molar-refractivity contribution < 1.29 is 4.42 Å². The second-order valence-corrected chi connectivity index (χ2v) is 4.38. The molecule has 0 bridgehead atoms. The van der Waals surface area contributed by atoms with Crippen LogP contribution in [0.15, 0.2) is 22.8 Å². The van der Waals surface area contributed by atoms with Crippen LogP contribution in [0.4, 0.5) is 0 Å². The molecule has 0 aromatic carbocycles. The smallest absolute Gasteiger partial charge is 0.120 e. The molecule has 0 amide bonds. The second kappa shape index (κ2) is 6.96. The molecule has 80 valence electrons. The third-order valence-corrected chi connectivity index (χ3v) is 2.89. The first-order valence-electron chi connectivity index (χ1n) is 5.10. The molecule has 14 heavy (non-hydrogen) atoms. The summed E-state index contributed by atoms with van der Waals surface area (Å²) in [5.41, 5.74) is 0.